The van der Waals surface area contributed by atoms with Gasteiger partial charge in [0.2, 0.25) is 23.7 Å². The molecule has 22 heteroatoms. The van der Waals surface area contributed by atoms with Crippen molar-refractivity contribution in [1.82, 2.24) is 45.4 Å². The number of H-pyrrole nitrogens is 2. The van der Waals surface area contributed by atoms with Gasteiger partial charge >= 0.3 is 0 Å². The minimum absolute atomic E-state index is 0. The van der Waals surface area contributed by atoms with Gasteiger partial charge in [0, 0.05) is 142 Å². The lowest BCUT2D eigenvalue weighted by Crippen LogP contribution is -2.42. The van der Waals surface area contributed by atoms with Crippen LogP contribution in [0.2, 0.25) is 10.0 Å². The normalized spacial score (nSPS) is 18.3. The predicted molar refractivity (Wildman–Crippen MR) is 371 cm³/mol. The van der Waals surface area contributed by atoms with E-state index in [0.717, 1.165) is 124 Å². The number of nitrogens with zero attached hydrogens (tertiary/aromatic N) is 5. The Bertz CT molecular complexity index is 3710. The summed E-state index contributed by atoms with van der Waals surface area (Å²) in [5.74, 6) is 0.339. The fraction of sp³-hybridized carbons (Fsp3) is 0.362. The molecule has 4 amide bonds. The van der Waals surface area contributed by atoms with E-state index in [1.807, 2.05) is 67.0 Å². The monoisotopic (exact) mass is 1340 g/mol. The third-order valence-electron chi connectivity index (χ3n) is 15.9. The van der Waals surface area contributed by atoms with Crippen LogP contribution in [0.4, 0.5) is 23.3 Å². The first-order valence-corrected chi connectivity index (χ1v) is 32.3. The number of alkyl halides is 1. The van der Waals surface area contributed by atoms with Crippen molar-refractivity contribution in [3.8, 4) is 22.5 Å². The molecule has 8 N–H and O–H groups in total. The molecule has 12 rings (SSSR count). The number of hydrogen-bond donors (Lipinski definition) is 8. The molecule has 4 aromatic carbocycles. The molecule has 91 heavy (non-hydrogen) atoms. The Balaban J connectivity index is 0.000000211. The van der Waals surface area contributed by atoms with Crippen LogP contribution in [0.1, 0.15) is 106 Å². The van der Waals surface area contributed by atoms with E-state index in [9.17, 15) is 19.2 Å². The largest absolute Gasteiger partial charge is 0.381 e. The summed E-state index contributed by atoms with van der Waals surface area (Å²) in [7, 11) is 0. The molecule has 480 valence electrons. The lowest BCUT2D eigenvalue weighted by molar-refractivity contribution is -0.112. The molecule has 0 radical (unpaired) electrons. The summed E-state index contributed by atoms with van der Waals surface area (Å²) in [5, 5.41) is 22.5. The maximum Gasteiger partial charge on any atom is 0.251 e. The maximum absolute atomic E-state index is 13.0. The molecule has 0 spiro atoms. The molecule has 4 aliphatic rings. The average molecular weight is 1340 g/mol. The van der Waals surface area contributed by atoms with Gasteiger partial charge in [-0.05, 0) is 131 Å². The van der Waals surface area contributed by atoms with Crippen molar-refractivity contribution in [2.45, 2.75) is 110 Å². The van der Waals surface area contributed by atoms with E-state index in [-0.39, 0.29) is 62.6 Å². The second-order valence-electron chi connectivity index (χ2n) is 22.3. The number of nitrogens with one attached hydrogen (secondary N) is 8. The van der Waals surface area contributed by atoms with Crippen molar-refractivity contribution in [1.29, 1.82) is 0 Å². The first-order chi connectivity index (χ1) is 43.5. The Kier molecular flexibility index (Phi) is 26.5. The first kappa shape index (κ1) is 68.9. The highest BCUT2D eigenvalue weighted by atomic mass is 79.9. The zero-order valence-corrected chi connectivity index (χ0v) is 52.5. The Morgan fingerprint density at radius 1 is 0.560 bits per heavy atom. The molecule has 2 aliphatic carbocycles. The highest BCUT2D eigenvalue weighted by molar-refractivity contribution is 9.09. The molecule has 4 atom stereocenters. The molecule has 2 aliphatic heterocycles. The van der Waals surface area contributed by atoms with Crippen LogP contribution >= 0.6 is 39.1 Å². The van der Waals surface area contributed by atoms with Crippen molar-refractivity contribution in [3.05, 3.63) is 167 Å². The standard InChI is InChI=1S/C33H36ClN7O3.C29H28BrClN6O2.C5H10O.2CH4/c34-28-21-36-33(40-31(28)27-20-35-29-8-2-1-7-26(27)29)39-25-6-3-5-24(19-25)38-32(43)22-10-12-23(13-11-22)37-30(42)9-4-14-41-15-17-44-18-16-41;30-14-4-9-26(38)34-19-12-10-18(11-13-19)28(39)35-20-5-3-6-21(15-20)36-29-33-17-24(31)27(37-29)23-16-32-25-8-2-1-7-22(23)25;1-2-4-6-5-3-1;;/h1-2,4,7-13,20-21,24-25,35H,3,5-6,14-19H2,(H,37,42)(H,38,43)(H,36,39,40);1-2,4,7-13,16-17,20-21,32H,3,5-6,14-15H2,(H,34,38)(H,35,39)(H,33,36,37);1-5H2;2*1H4/b2*9-4+;;;/t24-,25+;20-,21+;;;/m00.../s1. The van der Waals surface area contributed by atoms with Gasteiger partial charge in [0.15, 0.2) is 0 Å². The molecular weight excluding hydrogens is 1260 g/mol. The van der Waals surface area contributed by atoms with E-state index in [1.54, 1.807) is 73.1 Å². The number of hydrogen-bond acceptors (Lipinski definition) is 13. The van der Waals surface area contributed by atoms with Crippen molar-refractivity contribution in [3.63, 3.8) is 0 Å². The number of ether oxygens (including phenoxy) is 2. The molecule has 0 unspecified atom stereocenters. The van der Waals surface area contributed by atoms with Gasteiger partial charge in [-0.25, -0.2) is 19.9 Å². The van der Waals surface area contributed by atoms with Crippen molar-refractivity contribution >= 4 is 108 Å². The molecule has 2 saturated heterocycles. The van der Waals surface area contributed by atoms with E-state index in [4.69, 9.17) is 42.6 Å². The predicted octanol–water partition coefficient (Wildman–Crippen LogP) is 14.0. The number of benzene rings is 4. The summed E-state index contributed by atoms with van der Waals surface area (Å²) in [4.78, 5) is 77.2. The van der Waals surface area contributed by atoms with Crippen LogP contribution in [0.25, 0.3) is 44.3 Å². The number of carbonyl (C=O) groups is 4. The number of morpholine rings is 1. The summed E-state index contributed by atoms with van der Waals surface area (Å²) in [6, 6.07) is 30.2. The highest BCUT2D eigenvalue weighted by Gasteiger charge is 2.27. The quantitative estimate of drug-likeness (QED) is 0.0313. The summed E-state index contributed by atoms with van der Waals surface area (Å²) < 4.78 is 10.4. The minimum Gasteiger partial charge on any atom is -0.381 e. The highest BCUT2D eigenvalue weighted by Crippen LogP contribution is 2.35. The second kappa shape index (κ2) is 35.0. The molecule has 19 nitrogen and oxygen atoms in total. The lowest BCUT2D eigenvalue weighted by atomic mass is 9.91. The number of allylic oxidation sites excluding steroid dienone is 1. The number of amides is 4. The molecule has 6 heterocycles. The number of fused-ring (bicyclic) bond motifs is 2. The SMILES string of the molecule is C.C.C1CCOCC1.O=C(/C=C/CBr)Nc1ccc(C(=O)N[C@H]2CCC[C@@H](Nc3ncc(Cl)c(-c4c[nH]c5ccccc45)n3)C2)cc1.O=C(/C=C/CN1CCOCC1)Nc1ccc(C(=O)N[C@H]2CCC[C@@H](Nc3ncc(Cl)c(-c4c[nH]c5ccccc45)n3)C2)cc1. The first-order valence-electron chi connectivity index (χ1n) is 30.4. The number of para-hydroxylation sites is 2. The summed E-state index contributed by atoms with van der Waals surface area (Å²) in [5.41, 5.74) is 7.60. The lowest BCUT2D eigenvalue weighted by Gasteiger charge is -2.30. The zero-order chi connectivity index (χ0) is 61.7. The van der Waals surface area contributed by atoms with Crippen molar-refractivity contribution in [2.75, 3.05) is 72.7 Å². The van der Waals surface area contributed by atoms with Gasteiger partial charge < -0.3 is 51.3 Å². The molecule has 4 aromatic heterocycles. The average Bonchev–Trinajstić information content (AvgIpc) is 1.83. The molecular formula is C69H82BrCl2N13O6. The minimum atomic E-state index is -0.217. The number of carbonyl (C=O) groups excluding carboxylic acids is 4. The van der Waals surface area contributed by atoms with Crippen LogP contribution in [-0.2, 0) is 19.1 Å². The van der Waals surface area contributed by atoms with Crippen molar-refractivity contribution < 1.29 is 28.7 Å². The van der Waals surface area contributed by atoms with E-state index >= 15 is 0 Å². The van der Waals surface area contributed by atoms with E-state index < -0.39 is 0 Å². The van der Waals surface area contributed by atoms with Gasteiger partial charge in [-0.3, -0.25) is 24.1 Å². The van der Waals surface area contributed by atoms with Crippen LogP contribution in [-0.4, -0.2) is 134 Å². The number of aromatic amines is 2. The van der Waals surface area contributed by atoms with Gasteiger partial charge in [-0.1, -0.05) is 103 Å². The fourth-order valence-electron chi connectivity index (χ4n) is 11.3. The number of halogens is 3. The van der Waals surface area contributed by atoms with E-state index in [1.165, 1.54) is 25.3 Å². The smallest absolute Gasteiger partial charge is 0.251 e. The Hall–Kier alpha value is -7.98. The van der Waals surface area contributed by atoms with Crippen LogP contribution < -0.4 is 31.9 Å². The third kappa shape index (κ3) is 20.0. The van der Waals surface area contributed by atoms with Gasteiger partial charge in [0.1, 0.15) is 0 Å². The van der Waals surface area contributed by atoms with Gasteiger partial charge in [0.05, 0.1) is 47.0 Å². The molecule has 2 saturated carbocycles. The van der Waals surface area contributed by atoms with Gasteiger partial charge in [-0.2, -0.15) is 0 Å². The van der Waals surface area contributed by atoms with Crippen LogP contribution in [0.5, 0.6) is 0 Å². The van der Waals surface area contributed by atoms with Crippen LogP contribution in [0, 0.1) is 0 Å². The fourth-order valence-corrected chi connectivity index (χ4v) is 11.9. The number of aromatic nitrogens is 6. The van der Waals surface area contributed by atoms with Gasteiger partial charge in [-0.15, -0.1) is 0 Å². The molecule has 0 bridgehead atoms. The summed E-state index contributed by atoms with van der Waals surface area (Å²) in [6.07, 6.45) is 24.8. The maximum atomic E-state index is 13.0. The van der Waals surface area contributed by atoms with Crippen LogP contribution in [0.15, 0.2) is 146 Å². The Morgan fingerprint density at radius 2 is 1.00 bits per heavy atom. The number of anilines is 4. The Labute approximate surface area is 550 Å². The van der Waals surface area contributed by atoms with Gasteiger partial charge in [0.25, 0.3) is 11.8 Å². The number of rotatable bonds is 17. The third-order valence-corrected chi connectivity index (χ3v) is 16.8. The van der Waals surface area contributed by atoms with Crippen LogP contribution in [0.3, 0.4) is 0 Å². The summed E-state index contributed by atoms with van der Waals surface area (Å²) >= 11 is 16.2. The zero-order valence-electron chi connectivity index (χ0n) is 49.4. The Morgan fingerprint density at radius 3 is 1.44 bits per heavy atom. The topological polar surface area (TPSA) is 245 Å². The second-order valence-corrected chi connectivity index (χ2v) is 23.8. The van der Waals surface area contributed by atoms with Crippen molar-refractivity contribution in [2.24, 2.45) is 0 Å². The molecule has 4 fully saturated rings. The van der Waals surface area contributed by atoms with E-state index in [2.05, 4.69) is 72.7 Å². The summed E-state index contributed by atoms with van der Waals surface area (Å²) in [6.45, 7) is 5.91. The van der Waals surface area contributed by atoms with E-state index in [0.29, 0.717) is 67.7 Å². The molecule has 8 aromatic rings.